The smallest absolute Gasteiger partial charge is 0.107 e. The Morgan fingerprint density at radius 1 is 1.47 bits per heavy atom. The molecule has 0 aliphatic heterocycles. The molecule has 0 atom stereocenters. The monoisotopic (exact) mass is 253 g/mol. The molecule has 0 bridgehead atoms. The molecule has 2 rings (SSSR count). The van der Waals surface area contributed by atoms with E-state index >= 15 is 0 Å². The van der Waals surface area contributed by atoms with Crippen LogP contribution in [0.25, 0.3) is 0 Å². The van der Waals surface area contributed by atoms with E-state index in [2.05, 4.69) is 29.4 Å². The zero-order chi connectivity index (χ0) is 12.1. The van der Waals surface area contributed by atoms with Crippen LogP contribution in [0.1, 0.15) is 43.8 Å². The maximum absolute atomic E-state index is 4.69. The van der Waals surface area contributed by atoms with Gasteiger partial charge in [-0.15, -0.1) is 11.3 Å². The lowest BCUT2D eigenvalue weighted by Crippen LogP contribution is -2.23. The highest BCUT2D eigenvalue weighted by atomic mass is 32.1. The van der Waals surface area contributed by atoms with Crippen LogP contribution >= 0.6 is 11.3 Å². The molecule has 1 fully saturated rings. The molecular formula is C13H23N3S. The van der Waals surface area contributed by atoms with Gasteiger partial charge in [0, 0.05) is 24.5 Å². The molecule has 0 saturated heterocycles. The summed E-state index contributed by atoms with van der Waals surface area (Å²) in [6.45, 7) is 8.69. The first-order chi connectivity index (χ1) is 8.31. The topological polar surface area (TPSA) is 28.2 Å². The average molecular weight is 253 g/mol. The third-order valence-electron chi connectivity index (χ3n) is 3.09. The Morgan fingerprint density at radius 3 is 2.94 bits per heavy atom. The predicted molar refractivity (Wildman–Crippen MR) is 73.2 cm³/mol. The molecule has 4 heteroatoms. The first kappa shape index (κ1) is 13.0. The van der Waals surface area contributed by atoms with Gasteiger partial charge in [0.1, 0.15) is 5.01 Å². The number of aromatic nitrogens is 1. The summed E-state index contributed by atoms with van der Waals surface area (Å²) in [5.41, 5.74) is 1.23. The van der Waals surface area contributed by atoms with Crippen molar-refractivity contribution in [3.8, 4) is 0 Å². The summed E-state index contributed by atoms with van der Waals surface area (Å²) in [4.78, 5) is 7.15. The molecule has 1 saturated carbocycles. The van der Waals surface area contributed by atoms with Gasteiger partial charge in [0.15, 0.2) is 0 Å². The number of hydrogen-bond acceptors (Lipinski definition) is 4. The van der Waals surface area contributed by atoms with Crippen molar-refractivity contribution in [1.29, 1.82) is 0 Å². The molecule has 17 heavy (non-hydrogen) atoms. The molecule has 1 aliphatic rings. The van der Waals surface area contributed by atoms with Crippen LogP contribution in [0, 0.1) is 0 Å². The number of hydrogen-bond donors (Lipinski definition) is 1. The zero-order valence-corrected chi connectivity index (χ0v) is 11.7. The van der Waals surface area contributed by atoms with E-state index in [0.717, 1.165) is 25.7 Å². The quantitative estimate of drug-likeness (QED) is 0.772. The normalized spacial score (nSPS) is 15.7. The van der Waals surface area contributed by atoms with Crippen molar-refractivity contribution in [2.24, 2.45) is 0 Å². The molecule has 0 radical (unpaired) electrons. The van der Waals surface area contributed by atoms with Gasteiger partial charge in [-0.05, 0) is 32.4 Å². The number of nitrogens with one attached hydrogen (secondary N) is 1. The molecule has 0 spiro atoms. The van der Waals surface area contributed by atoms with Crippen molar-refractivity contribution in [2.45, 2.75) is 52.2 Å². The Labute approximate surface area is 108 Å². The van der Waals surface area contributed by atoms with Gasteiger partial charge in [0.2, 0.25) is 0 Å². The van der Waals surface area contributed by atoms with Crippen LogP contribution in [0.5, 0.6) is 0 Å². The van der Waals surface area contributed by atoms with Crippen LogP contribution in [-0.2, 0) is 13.1 Å². The van der Waals surface area contributed by atoms with E-state index in [9.17, 15) is 0 Å². The predicted octanol–water partition coefficient (Wildman–Crippen LogP) is 2.63. The van der Waals surface area contributed by atoms with Crippen molar-refractivity contribution in [3.05, 3.63) is 16.1 Å². The minimum absolute atomic E-state index is 0.773. The van der Waals surface area contributed by atoms with E-state index in [-0.39, 0.29) is 0 Å². The van der Waals surface area contributed by atoms with Gasteiger partial charge in [0.05, 0.1) is 5.69 Å². The second kappa shape index (κ2) is 6.47. The SMILES string of the molecule is CCCN(CC)Cc1csc(CNC2CC2)n1. The standard InChI is InChI=1S/C13H23N3S/c1-3-7-16(4-2)9-12-10-17-13(15-12)8-14-11-5-6-11/h10-11,14H,3-9H2,1-2H3. The third-order valence-corrected chi connectivity index (χ3v) is 3.99. The Balaban J connectivity index is 1.79. The van der Waals surface area contributed by atoms with Crippen molar-refractivity contribution in [3.63, 3.8) is 0 Å². The summed E-state index contributed by atoms with van der Waals surface area (Å²) in [6.07, 6.45) is 3.91. The van der Waals surface area contributed by atoms with Crippen LogP contribution in [0.15, 0.2) is 5.38 Å². The molecule has 3 nitrogen and oxygen atoms in total. The van der Waals surface area contributed by atoms with Crippen molar-refractivity contribution in [1.82, 2.24) is 15.2 Å². The van der Waals surface area contributed by atoms with Gasteiger partial charge < -0.3 is 5.32 Å². The summed E-state index contributed by atoms with van der Waals surface area (Å²) in [5.74, 6) is 0. The van der Waals surface area contributed by atoms with Crippen LogP contribution in [0.2, 0.25) is 0 Å². The summed E-state index contributed by atoms with van der Waals surface area (Å²) in [5, 5.41) is 6.96. The molecule has 1 aliphatic carbocycles. The maximum atomic E-state index is 4.69. The second-order valence-corrected chi connectivity index (χ2v) is 5.70. The molecule has 1 aromatic rings. The van der Waals surface area contributed by atoms with Crippen LogP contribution in [0.3, 0.4) is 0 Å². The van der Waals surface area contributed by atoms with E-state index in [4.69, 9.17) is 4.98 Å². The van der Waals surface area contributed by atoms with Gasteiger partial charge in [-0.2, -0.15) is 0 Å². The summed E-state index contributed by atoms with van der Waals surface area (Å²) >= 11 is 1.79. The lowest BCUT2D eigenvalue weighted by Gasteiger charge is -2.17. The van der Waals surface area contributed by atoms with Gasteiger partial charge in [-0.25, -0.2) is 4.98 Å². The van der Waals surface area contributed by atoms with E-state index in [0.29, 0.717) is 0 Å². The molecule has 1 heterocycles. The number of thiazole rings is 1. The van der Waals surface area contributed by atoms with Crippen LogP contribution in [0.4, 0.5) is 0 Å². The molecular weight excluding hydrogens is 230 g/mol. The van der Waals surface area contributed by atoms with Gasteiger partial charge in [-0.1, -0.05) is 13.8 Å². The van der Waals surface area contributed by atoms with Gasteiger partial charge in [0.25, 0.3) is 0 Å². The maximum Gasteiger partial charge on any atom is 0.107 e. The summed E-state index contributed by atoms with van der Waals surface area (Å²) in [6, 6.07) is 0.773. The van der Waals surface area contributed by atoms with Crippen molar-refractivity contribution in [2.75, 3.05) is 13.1 Å². The van der Waals surface area contributed by atoms with Crippen LogP contribution in [-0.4, -0.2) is 29.0 Å². The van der Waals surface area contributed by atoms with Crippen molar-refractivity contribution < 1.29 is 0 Å². The van der Waals surface area contributed by atoms with Gasteiger partial charge >= 0.3 is 0 Å². The first-order valence-corrected chi connectivity index (χ1v) is 7.58. The minimum atomic E-state index is 0.773. The van der Waals surface area contributed by atoms with Crippen molar-refractivity contribution >= 4 is 11.3 Å². The highest BCUT2D eigenvalue weighted by Crippen LogP contribution is 2.20. The second-order valence-electron chi connectivity index (χ2n) is 4.76. The minimum Gasteiger partial charge on any atom is -0.308 e. The summed E-state index contributed by atoms with van der Waals surface area (Å²) < 4.78 is 0. The first-order valence-electron chi connectivity index (χ1n) is 6.70. The molecule has 0 unspecified atom stereocenters. The third kappa shape index (κ3) is 4.37. The molecule has 96 valence electrons. The Kier molecular flexibility index (Phi) is 4.95. The zero-order valence-electron chi connectivity index (χ0n) is 10.9. The van der Waals surface area contributed by atoms with E-state index < -0.39 is 0 Å². The molecule has 1 N–H and O–H groups in total. The van der Waals surface area contributed by atoms with E-state index in [1.807, 2.05) is 0 Å². The Bertz CT molecular complexity index is 333. The lowest BCUT2D eigenvalue weighted by atomic mass is 10.3. The molecule has 1 aromatic heterocycles. The molecule has 0 aromatic carbocycles. The van der Waals surface area contributed by atoms with E-state index in [1.54, 1.807) is 11.3 Å². The largest absolute Gasteiger partial charge is 0.308 e. The average Bonchev–Trinajstić information content (AvgIpc) is 3.06. The fourth-order valence-corrected chi connectivity index (χ4v) is 2.65. The number of nitrogens with zero attached hydrogens (tertiary/aromatic N) is 2. The van der Waals surface area contributed by atoms with Crippen LogP contribution < -0.4 is 5.32 Å². The fourth-order valence-electron chi connectivity index (χ4n) is 1.92. The van der Waals surface area contributed by atoms with Gasteiger partial charge in [-0.3, -0.25) is 4.90 Å². The highest BCUT2D eigenvalue weighted by Gasteiger charge is 2.20. The summed E-state index contributed by atoms with van der Waals surface area (Å²) in [7, 11) is 0. The Hall–Kier alpha value is -0.450. The lowest BCUT2D eigenvalue weighted by molar-refractivity contribution is 0.277. The highest BCUT2D eigenvalue weighted by molar-refractivity contribution is 7.09. The number of rotatable bonds is 8. The van der Waals surface area contributed by atoms with E-state index in [1.165, 1.54) is 36.5 Å². The fraction of sp³-hybridized carbons (Fsp3) is 0.769. The molecule has 0 amide bonds. The Morgan fingerprint density at radius 2 is 2.29 bits per heavy atom.